The molecule has 2 atom stereocenters. The number of carbonyl (C=O) groups excluding carboxylic acids is 2. The second kappa shape index (κ2) is 11.2. The van der Waals surface area contributed by atoms with Crippen molar-refractivity contribution in [2.24, 2.45) is 0 Å². The molecule has 200 valence electrons. The van der Waals surface area contributed by atoms with E-state index >= 15 is 0 Å². The fourth-order valence-electron chi connectivity index (χ4n) is 5.71. The van der Waals surface area contributed by atoms with Crippen LogP contribution < -0.4 is 10.2 Å². The highest BCUT2D eigenvalue weighted by Gasteiger charge is 2.41. The molecule has 0 aromatic heterocycles. The van der Waals surface area contributed by atoms with Crippen LogP contribution in [0.25, 0.3) is 0 Å². The number of benzene rings is 3. The lowest BCUT2D eigenvalue weighted by Gasteiger charge is -2.35. The first-order valence-electron chi connectivity index (χ1n) is 13.6. The molecule has 3 aromatic rings. The Morgan fingerprint density at radius 3 is 2.51 bits per heavy atom. The number of nitrogens with one attached hydrogen (secondary N) is 1. The third-order valence-electron chi connectivity index (χ3n) is 7.70. The molecule has 0 radical (unpaired) electrons. The monoisotopic (exact) mass is 523 g/mol. The number of fused-ring (bicyclic) bond motifs is 1. The van der Waals surface area contributed by atoms with Crippen molar-refractivity contribution in [3.8, 4) is 0 Å². The smallest absolute Gasteiger partial charge is 0.269 e. The standard InChI is InChI=1S/C32H33N3O4/c1-3-4-5-13-30(37)34-28-12-7-6-11-26(28)33-27-19-24(22-16-14-21(2)15-17-22)20-29(36)31(27)32(34)23-9-8-10-25(18-23)35(38)39/h6-12,14-18,24,32-33H,3-5,13,19-20H2,1-2H3/t24-,32+/m1/s1. The zero-order valence-electron chi connectivity index (χ0n) is 22.4. The van der Waals surface area contributed by atoms with Crippen LogP contribution in [-0.2, 0) is 9.59 Å². The van der Waals surface area contributed by atoms with Crippen molar-refractivity contribution in [1.82, 2.24) is 0 Å². The van der Waals surface area contributed by atoms with Gasteiger partial charge in [-0.05, 0) is 48.9 Å². The topological polar surface area (TPSA) is 92.6 Å². The van der Waals surface area contributed by atoms with Gasteiger partial charge in [0.1, 0.15) is 0 Å². The van der Waals surface area contributed by atoms with Gasteiger partial charge in [-0.1, -0.05) is 73.9 Å². The first kappa shape index (κ1) is 26.4. The van der Waals surface area contributed by atoms with Crippen LogP contribution in [0, 0.1) is 17.0 Å². The molecule has 3 aromatic carbocycles. The van der Waals surface area contributed by atoms with E-state index in [1.807, 2.05) is 31.2 Å². The van der Waals surface area contributed by atoms with Crippen molar-refractivity contribution in [1.29, 1.82) is 0 Å². The zero-order valence-corrected chi connectivity index (χ0v) is 22.4. The van der Waals surface area contributed by atoms with Gasteiger partial charge in [-0.3, -0.25) is 24.6 Å². The molecule has 7 nitrogen and oxygen atoms in total. The summed E-state index contributed by atoms with van der Waals surface area (Å²) in [7, 11) is 0. The van der Waals surface area contributed by atoms with Crippen LogP contribution in [-0.4, -0.2) is 16.6 Å². The van der Waals surface area contributed by atoms with Gasteiger partial charge in [0.05, 0.1) is 22.3 Å². The fraction of sp³-hybridized carbons (Fsp3) is 0.312. The van der Waals surface area contributed by atoms with Crippen LogP contribution >= 0.6 is 0 Å². The average molecular weight is 524 g/mol. The van der Waals surface area contributed by atoms with E-state index in [9.17, 15) is 19.7 Å². The second-order valence-corrected chi connectivity index (χ2v) is 10.4. The predicted molar refractivity (Wildman–Crippen MR) is 153 cm³/mol. The number of hydrogen-bond acceptors (Lipinski definition) is 5. The number of nitro groups is 1. The number of anilines is 2. The Morgan fingerprint density at radius 2 is 1.77 bits per heavy atom. The number of rotatable bonds is 7. The SMILES string of the molecule is CCCCCC(=O)N1c2ccccc2NC2=C(C(=O)C[C@H](c3ccc(C)cc3)C2)[C@@H]1c1cccc([N+](=O)[O-])c1. The maximum atomic E-state index is 14.0. The predicted octanol–water partition coefficient (Wildman–Crippen LogP) is 7.38. The highest BCUT2D eigenvalue weighted by Crippen LogP contribution is 2.48. The van der Waals surface area contributed by atoms with Gasteiger partial charge in [0.2, 0.25) is 5.91 Å². The summed E-state index contributed by atoms with van der Waals surface area (Å²) in [5, 5.41) is 15.2. The Balaban J connectivity index is 1.68. The Hall–Kier alpha value is -4.26. The molecule has 0 saturated heterocycles. The number of nitro benzene ring substituents is 1. The van der Waals surface area contributed by atoms with E-state index in [1.54, 1.807) is 17.0 Å². The van der Waals surface area contributed by atoms with Gasteiger partial charge in [-0.25, -0.2) is 0 Å². The molecule has 1 aliphatic carbocycles. The van der Waals surface area contributed by atoms with Gasteiger partial charge in [0.25, 0.3) is 5.69 Å². The van der Waals surface area contributed by atoms with Gasteiger partial charge in [-0.2, -0.15) is 0 Å². The highest BCUT2D eigenvalue weighted by molar-refractivity contribution is 6.06. The molecule has 7 heteroatoms. The molecule has 39 heavy (non-hydrogen) atoms. The maximum absolute atomic E-state index is 14.0. The quantitative estimate of drug-likeness (QED) is 0.198. The third-order valence-corrected chi connectivity index (χ3v) is 7.70. The average Bonchev–Trinajstić information content (AvgIpc) is 3.08. The number of non-ortho nitro benzene ring substituents is 1. The number of unbranched alkanes of at least 4 members (excludes halogenated alkanes) is 2. The molecule has 2 aliphatic rings. The van der Waals surface area contributed by atoms with Crippen LogP contribution in [0.5, 0.6) is 0 Å². The normalized spacial score (nSPS) is 18.6. The van der Waals surface area contributed by atoms with Crippen LogP contribution in [0.3, 0.4) is 0 Å². The number of carbonyl (C=O) groups is 2. The summed E-state index contributed by atoms with van der Waals surface area (Å²) in [4.78, 5) is 40.9. The minimum Gasteiger partial charge on any atom is -0.357 e. The minimum absolute atomic E-state index is 0.00548. The van der Waals surface area contributed by atoms with Crippen molar-refractivity contribution in [2.45, 2.75) is 64.3 Å². The largest absolute Gasteiger partial charge is 0.357 e. The highest BCUT2D eigenvalue weighted by atomic mass is 16.6. The molecular formula is C32H33N3O4. The second-order valence-electron chi connectivity index (χ2n) is 10.4. The Morgan fingerprint density at radius 1 is 1.00 bits per heavy atom. The molecule has 1 amide bonds. The van der Waals surface area contributed by atoms with E-state index in [-0.39, 0.29) is 23.3 Å². The Bertz CT molecular complexity index is 1440. The Kier molecular flexibility index (Phi) is 7.59. The number of allylic oxidation sites excluding steroid dienone is 1. The zero-order chi connectivity index (χ0) is 27.5. The van der Waals surface area contributed by atoms with Gasteiger partial charge in [0.15, 0.2) is 5.78 Å². The molecule has 0 spiro atoms. The molecule has 1 N–H and O–H groups in total. The molecule has 1 aliphatic heterocycles. The van der Waals surface area contributed by atoms with E-state index in [0.29, 0.717) is 36.1 Å². The summed E-state index contributed by atoms with van der Waals surface area (Å²) in [6, 6.07) is 21.4. The maximum Gasteiger partial charge on any atom is 0.269 e. The fourth-order valence-corrected chi connectivity index (χ4v) is 5.71. The van der Waals surface area contributed by atoms with Gasteiger partial charge < -0.3 is 5.32 Å². The van der Waals surface area contributed by atoms with Gasteiger partial charge in [-0.15, -0.1) is 0 Å². The first-order valence-corrected chi connectivity index (χ1v) is 13.6. The van der Waals surface area contributed by atoms with E-state index in [2.05, 4.69) is 36.5 Å². The van der Waals surface area contributed by atoms with Crippen molar-refractivity contribution < 1.29 is 14.5 Å². The van der Waals surface area contributed by atoms with Crippen LogP contribution in [0.15, 0.2) is 84.1 Å². The summed E-state index contributed by atoms with van der Waals surface area (Å²) >= 11 is 0. The lowest BCUT2D eigenvalue weighted by molar-refractivity contribution is -0.384. The van der Waals surface area contributed by atoms with E-state index in [1.165, 1.54) is 12.1 Å². The van der Waals surface area contributed by atoms with Crippen molar-refractivity contribution >= 4 is 28.8 Å². The van der Waals surface area contributed by atoms with Crippen LogP contribution in [0.4, 0.5) is 17.1 Å². The molecule has 0 bridgehead atoms. The molecule has 1 heterocycles. The number of Topliss-reactive ketones (excluding diaryl/α,β-unsaturated/α-hetero) is 1. The summed E-state index contributed by atoms with van der Waals surface area (Å²) in [6.07, 6.45) is 3.87. The summed E-state index contributed by atoms with van der Waals surface area (Å²) in [5.74, 6) is -0.157. The Labute approximate surface area is 228 Å². The van der Waals surface area contributed by atoms with Crippen molar-refractivity contribution in [2.75, 3.05) is 10.2 Å². The third kappa shape index (κ3) is 5.35. The number of aryl methyl sites for hydroxylation is 1. The number of amides is 1. The van der Waals surface area contributed by atoms with Crippen molar-refractivity contribution in [3.05, 3.63) is 111 Å². The van der Waals surface area contributed by atoms with E-state index in [4.69, 9.17) is 0 Å². The minimum atomic E-state index is -0.767. The number of ketones is 1. The van der Waals surface area contributed by atoms with Gasteiger partial charge in [0, 0.05) is 36.2 Å². The lowest BCUT2D eigenvalue weighted by atomic mass is 9.78. The lowest BCUT2D eigenvalue weighted by Crippen LogP contribution is -2.38. The van der Waals surface area contributed by atoms with Crippen LogP contribution in [0.2, 0.25) is 0 Å². The summed E-state index contributed by atoms with van der Waals surface area (Å²) in [5.41, 5.74) is 5.44. The van der Waals surface area contributed by atoms with E-state index < -0.39 is 11.0 Å². The van der Waals surface area contributed by atoms with Crippen molar-refractivity contribution in [3.63, 3.8) is 0 Å². The molecule has 5 rings (SSSR count). The first-order chi connectivity index (χ1) is 18.9. The number of nitrogens with zero attached hydrogens (tertiary/aromatic N) is 2. The van der Waals surface area contributed by atoms with Gasteiger partial charge >= 0.3 is 0 Å². The molecule has 0 saturated carbocycles. The summed E-state index contributed by atoms with van der Waals surface area (Å²) < 4.78 is 0. The van der Waals surface area contributed by atoms with E-state index in [0.717, 1.165) is 41.8 Å². The summed E-state index contributed by atoms with van der Waals surface area (Å²) in [6.45, 7) is 4.12. The number of hydrogen-bond donors (Lipinski definition) is 1. The molecular weight excluding hydrogens is 490 g/mol. The molecule has 0 unspecified atom stereocenters. The number of para-hydroxylation sites is 2. The van der Waals surface area contributed by atoms with Crippen LogP contribution in [0.1, 0.15) is 74.1 Å². The molecule has 0 fully saturated rings.